The second kappa shape index (κ2) is 5.33. The lowest BCUT2D eigenvalue weighted by molar-refractivity contribution is -0.523. The smallest absolute Gasteiger partial charge is 0.323 e. The topological polar surface area (TPSA) is 27.7 Å². The average molecular weight is 379 g/mol. The van der Waals surface area contributed by atoms with E-state index in [-0.39, 0.29) is 19.6 Å². The average Bonchev–Trinajstić information content (AvgIpc) is 2.48. The van der Waals surface area contributed by atoms with E-state index < -0.39 is 23.7 Å². The van der Waals surface area contributed by atoms with Gasteiger partial charge in [0.1, 0.15) is 0 Å². The van der Waals surface area contributed by atoms with Crippen LogP contribution in [0.2, 0.25) is 0 Å². The maximum atomic E-state index is 13.4. The maximum Gasteiger partial charge on any atom is 0.415 e. The van der Waals surface area contributed by atoms with Gasteiger partial charge in [-0.3, -0.25) is 0 Å². The second-order valence-electron chi connectivity index (χ2n) is 5.54. The van der Waals surface area contributed by atoms with Crippen molar-refractivity contribution in [3.63, 3.8) is 0 Å². The van der Waals surface area contributed by atoms with Crippen LogP contribution in [0, 0.1) is 5.41 Å². The number of ether oxygens (including phenoxy) is 3. The van der Waals surface area contributed by atoms with E-state index in [1.807, 2.05) is 0 Å². The normalized spacial score (nSPS) is 34.6. The number of fused-ring (bicyclic) bond motifs is 3. The van der Waals surface area contributed by atoms with Crippen molar-refractivity contribution < 1.29 is 27.4 Å². The Balaban J connectivity index is 1.98. The Morgan fingerprint density at radius 2 is 1.82 bits per heavy atom. The van der Waals surface area contributed by atoms with E-state index in [2.05, 4.69) is 22.5 Å². The van der Waals surface area contributed by atoms with Crippen molar-refractivity contribution in [3.8, 4) is 0 Å². The van der Waals surface area contributed by atoms with Crippen molar-refractivity contribution in [3.05, 3.63) is 47.0 Å². The van der Waals surface area contributed by atoms with Crippen molar-refractivity contribution in [1.29, 1.82) is 0 Å². The van der Waals surface area contributed by atoms with E-state index in [0.717, 1.165) is 4.47 Å². The molecular weight excluding hydrogens is 365 g/mol. The minimum Gasteiger partial charge on any atom is -0.323 e. The van der Waals surface area contributed by atoms with Crippen molar-refractivity contribution in [2.45, 2.75) is 24.7 Å². The van der Waals surface area contributed by atoms with Gasteiger partial charge in [-0.1, -0.05) is 22.0 Å². The number of hydrogen-bond acceptors (Lipinski definition) is 3. The fraction of sp³-hybridized carbons (Fsp3) is 0.467. The first-order chi connectivity index (χ1) is 10.3. The van der Waals surface area contributed by atoms with E-state index in [9.17, 15) is 13.2 Å². The molecule has 0 aliphatic carbocycles. The monoisotopic (exact) mass is 378 g/mol. The van der Waals surface area contributed by atoms with E-state index in [0.29, 0.717) is 5.56 Å². The molecule has 3 heterocycles. The largest absolute Gasteiger partial charge is 0.415 e. The minimum atomic E-state index is -4.50. The van der Waals surface area contributed by atoms with E-state index in [4.69, 9.17) is 14.2 Å². The van der Waals surface area contributed by atoms with Gasteiger partial charge in [-0.05, 0) is 30.7 Å². The third-order valence-corrected chi connectivity index (χ3v) is 4.50. The highest BCUT2D eigenvalue weighted by Gasteiger charge is 2.66. The number of hydrogen-bond donors (Lipinski definition) is 0. The first-order valence-electron chi connectivity index (χ1n) is 6.71. The Morgan fingerprint density at radius 3 is 2.32 bits per heavy atom. The molecule has 3 fully saturated rings. The summed E-state index contributed by atoms with van der Waals surface area (Å²) < 4.78 is 57.5. The number of rotatable bonds is 3. The molecule has 3 saturated heterocycles. The van der Waals surface area contributed by atoms with Gasteiger partial charge in [-0.15, -0.1) is 6.58 Å². The molecule has 1 aromatic carbocycles. The van der Waals surface area contributed by atoms with Crippen molar-refractivity contribution in [2.24, 2.45) is 5.41 Å². The van der Waals surface area contributed by atoms with Crippen LogP contribution >= 0.6 is 15.9 Å². The highest BCUT2D eigenvalue weighted by molar-refractivity contribution is 9.10. The molecule has 120 valence electrons. The summed E-state index contributed by atoms with van der Waals surface area (Å²) in [6.45, 7) is 3.33. The highest BCUT2D eigenvalue weighted by atomic mass is 79.9. The molecule has 3 aliphatic heterocycles. The lowest BCUT2D eigenvalue weighted by Crippen LogP contribution is -2.66. The SMILES string of the molecule is C=CCC12COC(c3ccc(Br)cc3)(OC1)OC2C(F)(F)F. The summed E-state index contributed by atoms with van der Waals surface area (Å²) in [5.41, 5.74) is -0.881. The van der Waals surface area contributed by atoms with Crippen LogP contribution in [0.5, 0.6) is 0 Å². The molecule has 0 radical (unpaired) electrons. The first kappa shape index (κ1) is 16.0. The van der Waals surface area contributed by atoms with Gasteiger partial charge >= 0.3 is 12.1 Å². The Morgan fingerprint density at radius 1 is 1.23 bits per heavy atom. The maximum absolute atomic E-state index is 13.4. The Labute approximate surface area is 134 Å². The molecule has 1 aromatic rings. The fourth-order valence-electron chi connectivity index (χ4n) is 2.88. The molecule has 2 bridgehead atoms. The zero-order chi connectivity index (χ0) is 16.0. The quantitative estimate of drug-likeness (QED) is 0.740. The Hall–Kier alpha value is -0.890. The van der Waals surface area contributed by atoms with Crippen LogP contribution in [0.3, 0.4) is 0 Å². The summed E-state index contributed by atoms with van der Waals surface area (Å²) in [4.78, 5) is 0. The van der Waals surface area contributed by atoms with Gasteiger partial charge in [0.15, 0.2) is 6.10 Å². The predicted octanol–water partition coefficient (Wildman–Crippen LogP) is 4.13. The molecule has 4 rings (SSSR count). The minimum absolute atomic E-state index is 0.0980. The number of allylic oxidation sites excluding steroid dienone is 1. The van der Waals surface area contributed by atoms with Crippen LogP contribution in [-0.4, -0.2) is 25.5 Å². The molecule has 7 heteroatoms. The molecule has 0 aromatic heterocycles. The summed E-state index contributed by atoms with van der Waals surface area (Å²) in [6, 6.07) is 6.62. The molecule has 1 unspecified atom stereocenters. The van der Waals surface area contributed by atoms with Gasteiger partial charge in [0, 0.05) is 10.0 Å². The number of benzene rings is 1. The van der Waals surface area contributed by atoms with E-state index >= 15 is 0 Å². The standard InChI is InChI=1S/C15H14BrF3O3/c1-2-7-13-8-20-15(21-9-13,22-12(13)14(17,18)19)10-3-5-11(16)6-4-10/h2-6,12H,1,7-9H2. The number of halogens is 4. The zero-order valence-electron chi connectivity index (χ0n) is 11.5. The lowest BCUT2D eigenvalue weighted by Gasteiger charge is -2.56. The van der Waals surface area contributed by atoms with Gasteiger partial charge in [0.25, 0.3) is 0 Å². The third kappa shape index (κ3) is 2.50. The van der Waals surface area contributed by atoms with Gasteiger partial charge < -0.3 is 14.2 Å². The summed E-state index contributed by atoms with van der Waals surface area (Å²) in [6.07, 6.45) is -4.92. The predicted molar refractivity (Wildman–Crippen MR) is 75.9 cm³/mol. The van der Waals surface area contributed by atoms with Gasteiger partial charge in [0.2, 0.25) is 0 Å². The third-order valence-electron chi connectivity index (χ3n) is 3.97. The molecule has 1 atom stereocenters. The van der Waals surface area contributed by atoms with Crippen LogP contribution in [-0.2, 0) is 20.2 Å². The molecule has 3 aliphatic rings. The van der Waals surface area contributed by atoms with E-state index in [1.54, 1.807) is 24.3 Å². The number of alkyl halides is 3. The summed E-state index contributed by atoms with van der Waals surface area (Å²) in [7, 11) is 0. The summed E-state index contributed by atoms with van der Waals surface area (Å²) in [5, 5.41) is 0. The van der Waals surface area contributed by atoms with Crippen LogP contribution in [0.4, 0.5) is 13.2 Å². The van der Waals surface area contributed by atoms with Gasteiger partial charge in [-0.25, -0.2) is 0 Å². The molecule has 0 saturated carbocycles. The van der Waals surface area contributed by atoms with Crippen LogP contribution in [0.15, 0.2) is 41.4 Å². The fourth-order valence-corrected chi connectivity index (χ4v) is 3.14. The molecule has 3 nitrogen and oxygen atoms in total. The highest BCUT2D eigenvalue weighted by Crippen LogP contribution is 2.53. The van der Waals surface area contributed by atoms with Crippen molar-refractivity contribution >= 4 is 15.9 Å². The lowest BCUT2D eigenvalue weighted by atomic mass is 9.77. The van der Waals surface area contributed by atoms with Crippen LogP contribution in [0.1, 0.15) is 12.0 Å². The zero-order valence-corrected chi connectivity index (χ0v) is 13.1. The van der Waals surface area contributed by atoms with Crippen LogP contribution < -0.4 is 0 Å². The van der Waals surface area contributed by atoms with Crippen LogP contribution in [0.25, 0.3) is 0 Å². The Kier molecular flexibility index (Phi) is 3.87. The summed E-state index contributed by atoms with van der Waals surface area (Å²) in [5.74, 6) is -1.80. The molecule has 0 amide bonds. The van der Waals surface area contributed by atoms with Gasteiger partial charge in [0.05, 0.1) is 18.6 Å². The second-order valence-corrected chi connectivity index (χ2v) is 6.45. The van der Waals surface area contributed by atoms with Crippen molar-refractivity contribution in [1.82, 2.24) is 0 Å². The van der Waals surface area contributed by atoms with Crippen molar-refractivity contribution in [2.75, 3.05) is 13.2 Å². The Bertz CT molecular complexity index is 562. The molecule has 0 spiro atoms. The summed E-state index contributed by atoms with van der Waals surface area (Å²) >= 11 is 3.28. The van der Waals surface area contributed by atoms with E-state index in [1.165, 1.54) is 6.08 Å². The molecular formula is C15H14BrF3O3. The molecule has 0 N–H and O–H groups in total. The first-order valence-corrected chi connectivity index (χ1v) is 7.50. The molecule has 22 heavy (non-hydrogen) atoms. The van der Waals surface area contributed by atoms with Gasteiger partial charge in [-0.2, -0.15) is 13.2 Å².